The molecule has 1 N–H and O–H groups in total. The molecular weight excluding hydrogens is 318 g/mol. The summed E-state index contributed by atoms with van der Waals surface area (Å²) < 4.78 is 6.98. The fourth-order valence-electron chi connectivity index (χ4n) is 3.28. The molecule has 0 radical (unpaired) electrons. The summed E-state index contributed by atoms with van der Waals surface area (Å²) in [6.45, 7) is 0. The van der Waals surface area contributed by atoms with Gasteiger partial charge in [-0.05, 0) is 37.8 Å². The van der Waals surface area contributed by atoms with E-state index in [0.29, 0.717) is 11.6 Å². The fourth-order valence-corrected chi connectivity index (χ4v) is 3.28. The number of carbonyl (C=O) groups is 1. The molecule has 3 heterocycles. The monoisotopic (exact) mass is 337 g/mol. The number of nitrogens with zero attached hydrogens (tertiary/aromatic N) is 4. The molecule has 128 valence electrons. The Kier molecular flexibility index (Phi) is 4.28. The lowest BCUT2D eigenvalue weighted by Crippen LogP contribution is -2.37. The van der Waals surface area contributed by atoms with Gasteiger partial charge in [-0.15, -0.1) is 0 Å². The van der Waals surface area contributed by atoms with Crippen molar-refractivity contribution in [3.8, 4) is 11.3 Å². The minimum absolute atomic E-state index is 0.0673. The van der Waals surface area contributed by atoms with Crippen LogP contribution in [0.4, 0.5) is 0 Å². The summed E-state index contributed by atoms with van der Waals surface area (Å²) in [5.74, 6) is -0.0673. The molecule has 0 atom stereocenters. The van der Waals surface area contributed by atoms with E-state index in [9.17, 15) is 4.79 Å². The van der Waals surface area contributed by atoms with E-state index in [2.05, 4.69) is 20.4 Å². The quantitative estimate of drug-likeness (QED) is 0.791. The number of furan rings is 1. The van der Waals surface area contributed by atoms with Crippen LogP contribution in [-0.4, -0.2) is 31.7 Å². The Labute approximate surface area is 145 Å². The zero-order chi connectivity index (χ0) is 17.1. The summed E-state index contributed by atoms with van der Waals surface area (Å²) in [7, 11) is 0. The van der Waals surface area contributed by atoms with Crippen molar-refractivity contribution < 1.29 is 9.21 Å². The number of aromatic nitrogens is 4. The van der Waals surface area contributed by atoms with Crippen molar-refractivity contribution in [2.24, 2.45) is 0 Å². The number of hydrogen-bond acceptors (Lipinski definition) is 5. The van der Waals surface area contributed by atoms with Crippen molar-refractivity contribution in [1.82, 2.24) is 25.1 Å². The molecule has 3 aromatic heterocycles. The Bertz CT molecular complexity index is 820. The average Bonchev–Trinajstić information content (AvgIpc) is 3.35. The minimum Gasteiger partial charge on any atom is -0.472 e. The van der Waals surface area contributed by atoms with Crippen LogP contribution in [0.15, 0.2) is 54.0 Å². The molecule has 1 aliphatic carbocycles. The first-order valence-electron chi connectivity index (χ1n) is 8.43. The van der Waals surface area contributed by atoms with Crippen LogP contribution < -0.4 is 5.32 Å². The Hall–Kier alpha value is -2.96. The van der Waals surface area contributed by atoms with Crippen LogP contribution in [0.25, 0.3) is 11.3 Å². The first-order valence-corrected chi connectivity index (χ1v) is 8.43. The molecule has 0 aromatic carbocycles. The summed E-state index contributed by atoms with van der Waals surface area (Å²) >= 11 is 0. The van der Waals surface area contributed by atoms with Gasteiger partial charge in [-0.3, -0.25) is 9.48 Å². The second-order valence-corrected chi connectivity index (χ2v) is 6.29. The fraction of sp³-hybridized carbons (Fsp3) is 0.333. The second kappa shape index (κ2) is 6.88. The summed E-state index contributed by atoms with van der Waals surface area (Å²) in [5, 5.41) is 7.58. The van der Waals surface area contributed by atoms with Gasteiger partial charge in [0.15, 0.2) is 0 Å². The number of nitrogens with one attached hydrogen (secondary N) is 1. The van der Waals surface area contributed by atoms with Gasteiger partial charge < -0.3 is 9.73 Å². The molecule has 7 nitrogen and oxygen atoms in total. The van der Waals surface area contributed by atoms with Crippen LogP contribution >= 0.6 is 0 Å². The van der Waals surface area contributed by atoms with Crippen LogP contribution in [0.1, 0.15) is 42.1 Å². The van der Waals surface area contributed by atoms with Crippen LogP contribution in [0.3, 0.4) is 0 Å². The summed E-state index contributed by atoms with van der Waals surface area (Å²) in [4.78, 5) is 20.3. The lowest BCUT2D eigenvalue weighted by molar-refractivity contribution is 0.0921. The van der Waals surface area contributed by atoms with Crippen molar-refractivity contribution in [3.63, 3.8) is 0 Å². The SMILES string of the molecule is O=C(NC1CCC(n2cc(-c3ccncn3)cn2)CC1)c1ccoc1. The Morgan fingerprint density at radius 2 is 2.12 bits per heavy atom. The topological polar surface area (TPSA) is 85.8 Å². The Balaban J connectivity index is 1.34. The van der Waals surface area contributed by atoms with Gasteiger partial charge in [-0.2, -0.15) is 5.10 Å². The van der Waals surface area contributed by atoms with E-state index >= 15 is 0 Å². The van der Waals surface area contributed by atoms with E-state index in [1.165, 1.54) is 12.5 Å². The maximum absolute atomic E-state index is 12.1. The van der Waals surface area contributed by atoms with Gasteiger partial charge in [0, 0.05) is 24.0 Å². The lowest BCUT2D eigenvalue weighted by Gasteiger charge is -2.29. The standard InChI is InChI=1S/C18H19N5O2/c24-18(13-6-8-25-11-13)22-15-1-3-16(4-2-15)23-10-14(9-21-23)17-5-7-19-12-20-17/h5-12,15-16H,1-4H2,(H,22,24). The third-order valence-electron chi connectivity index (χ3n) is 4.67. The molecule has 1 fully saturated rings. The van der Waals surface area contributed by atoms with E-state index in [1.54, 1.807) is 18.6 Å². The van der Waals surface area contributed by atoms with Crippen LogP contribution in [-0.2, 0) is 0 Å². The molecule has 3 aromatic rings. The van der Waals surface area contributed by atoms with Gasteiger partial charge in [0.1, 0.15) is 12.6 Å². The number of carbonyl (C=O) groups excluding carboxylic acids is 1. The normalized spacial score (nSPS) is 20.3. The van der Waals surface area contributed by atoms with Crippen LogP contribution in [0, 0.1) is 0 Å². The predicted octanol–water partition coefficient (Wildman–Crippen LogP) is 2.85. The second-order valence-electron chi connectivity index (χ2n) is 6.29. The third kappa shape index (κ3) is 3.45. The summed E-state index contributed by atoms with van der Waals surface area (Å²) in [6, 6.07) is 4.12. The van der Waals surface area contributed by atoms with Gasteiger partial charge >= 0.3 is 0 Å². The molecule has 0 aliphatic heterocycles. The van der Waals surface area contributed by atoms with Crippen molar-refractivity contribution in [1.29, 1.82) is 0 Å². The van der Waals surface area contributed by atoms with E-state index in [-0.39, 0.29) is 11.9 Å². The highest BCUT2D eigenvalue weighted by Gasteiger charge is 2.24. The molecule has 0 spiro atoms. The first kappa shape index (κ1) is 15.6. The third-order valence-corrected chi connectivity index (χ3v) is 4.67. The van der Waals surface area contributed by atoms with Gasteiger partial charge in [0.05, 0.1) is 29.8 Å². The van der Waals surface area contributed by atoms with Crippen LogP contribution in [0.2, 0.25) is 0 Å². The minimum atomic E-state index is -0.0673. The Morgan fingerprint density at radius 1 is 1.24 bits per heavy atom. The largest absolute Gasteiger partial charge is 0.472 e. The summed E-state index contributed by atoms with van der Waals surface area (Å²) in [5.41, 5.74) is 2.45. The van der Waals surface area contributed by atoms with E-state index in [1.807, 2.05) is 23.1 Å². The Morgan fingerprint density at radius 3 is 2.84 bits per heavy atom. The van der Waals surface area contributed by atoms with Gasteiger partial charge in [-0.25, -0.2) is 9.97 Å². The molecule has 7 heteroatoms. The molecular formula is C18H19N5O2. The number of amides is 1. The predicted molar refractivity (Wildman–Crippen MR) is 90.7 cm³/mol. The highest BCUT2D eigenvalue weighted by Crippen LogP contribution is 2.29. The van der Waals surface area contributed by atoms with E-state index in [4.69, 9.17) is 4.42 Å². The maximum Gasteiger partial charge on any atom is 0.254 e. The number of hydrogen-bond donors (Lipinski definition) is 1. The van der Waals surface area contributed by atoms with Crippen molar-refractivity contribution in [2.75, 3.05) is 0 Å². The lowest BCUT2D eigenvalue weighted by atomic mass is 9.91. The molecule has 1 saturated carbocycles. The molecule has 4 rings (SSSR count). The van der Waals surface area contributed by atoms with E-state index in [0.717, 1.165) is 36.9 Å². The maximum atomic E-state index is 12.1. The molecule has 1 amide bonds. The zero-order valence-corrected chi connectivity index (χ0v) is 13.7. The zero-order valence-electron chi connectivity index (χ0n) is 13.7. The first-order chi connectivity index (χ1) is 12.3. The molecule has 0 unspecified atom stereocenters. The molecule has 0 bridgehead atoms. The molecule has 25 heavy (non-hydrogen) atoms. The van der Waals surface area contributed by atoms with E-state index < -0.39 is 0 Å². The van der Waals surface area contributed by atoms with Crippen LogP contribution in [0.5, 0.6) is 0 Å². The molecule has 1 aliphatic rings. The summed E-state index contributed by atoms with van der Waals surface area (Å²) in [6.07, 6.45) is 14.0. The van der Waals surface area contributed by atoms with Gasteiger partial charge in [0.25, 0.3) is 5.91 Å². The van der Waals surface area contributed by atoms with Gasteiger partial charge in [0.2, 0.25) is 0 Å². The van der Waals surface area contributed by atoms with Crippen molar-refractivity contribution in [3.05, 3.63) is 55.1 Å². The van der Waals surface area contributed by atoms with Gasteiger partial charge in [-0.1, -0.05) is 0 Å². The smallest absolute Gasteiger partial charge is 0.254 e. The molecule has 0 saturated heterocycles. The van der Waals surface area contributed by atoms with Crippen molar-refractivity contribution in [2.45, 2.75) is 37.8 Å². The average molecular weight is 337 g/mol. The highest BCUT2D eigenvalue weighted by atomic mass is 16.3. The van der Waals surface area contributed by atoms with Crippen molar-refractivity contribution >= 4 is 5.91 Å². The number of rotatable bonds is 4. The highest BCUT2D eigenvalue weighted by molar-refractivity contribution is 5.93.